The van der Waals surface area contributed by atoms with Crippen LogP contribution in [-0.2, 0) is 11.6 Å². The Morgan fingerprint density at radius 2 is 1.97 bits per heavy atom. The van der Waals surface area contributed by atoms with Crippen molar-refractivity contribution in [2.45, 2.75) is 39.3 Å². The van der Waals surface area contributed by atoms with Crippen molar-refractivity contribution in [2.24, 2.45) is 0 Å². The summed E-state index contributed by atoms with van der Waals surface area (Å²) in [7, 11) is 1.51. The van der Waals surface area contributed by atoms with Crippen LogP contribution in [0.4, 0.5) is 19.0 Å². The van der Waals surface area contributed by atoms with Crippen molar-refractivity contribution in [2.75, 3.05) is 19.5 Å². The van der Waals surface area contributed by atoms with Crippen LogP contribution in [0.25, 0.3) is 16.6 Å². The van der Waals surface area contributed by atoms with Gasteiger partial charge in [0.2, 0.25) is 0 Å². The summed E-state index contributed by atoms with van der Waals surface area (Å²) in [4.78, 5) is 3.95. The molecule has 2 N–H and O–H groups in total. The van der Waals surface area contributed by atoms with Gasteiger partial charge in [0, 0.05) is 11.0 Å². The number of rotatable bonds is 2. The van der Waals surface area contributed by atoms with Crippen LogP contribution in [0.3, 0.4) is 0 Å². The summed E-state index contributed by atoms with van der Waals surface area (Å²) in [6.45, 7) is 7.30. The molecule has 1 aromatic carbocycles. The van der Waals surface area contributed by atoms with Gasteiger partial charge in [0.1, 0.15) is 28.7 Å². The van der Waals surface area contributed by atoms with E-state index < -0.39 is 17.3 Å². The van der Waals surface area contributed by atoms with E-state index in [4.69, 9.17) is 15.2 Å². The number of nitriles is 1. The third-order valence-electron chi connectivity index (χ3n) is 5.72. The summed E-state index contributed by atoms with van der Waals surface area (Å²) < 4.78 is 55.0. The summed E-state index contributed by atoms with van der Waals surface area (Å²) in [5, 5.41) is 9.40. The normalized spacial score (nSPS) is 14.9. The summed E-state index contributed by atoms with van der Waals surface area (Å²) in [5.41, 5.74) is 6.40. The van der Waals surface area contributed by atoms with Crippen LogP contribution in [0.1, 0.15) is 41.9 Å². The second kappa shape index (κ2) is 6.54. The minimum atomic E-state index is -4.78. The lowest BCUT2D eigenvalue weighted by Crippen LogP contribution is -2.21. The van der Waals surface area contributed by atoms with E-state index in [1.807, 2.05) is 13.0 Å². The molecule has 6 nitrogen and oxygen atoms in total. The van der Waals surface area contributed by atoms with Gasteiger partial charge in [0.25, 0.3) is 0 Å². The highest BCUT2D eigenvalue weighted by Gasteiger charge is 2.44. The fraction of sp³-hybridized carbons (Fsp3) is 0.364. The lowest BCUT2D eigenvalue weighted by atomic mass is 9.90. The number of methoxy groups -OCH3 is 1. The monoisotopic (exact) mass is 430 g/mol. The number of ether oxygens (including phenoxy) is 2. The van der Waals surface area contributed by atoms with Crippen LogP contribution in [0.5, 0.6) is 11.5 Å². The Bertz CT molecular complexity index is 1280. The van der Waals surface area contributed by atoms with Crippen LogP contribution in [-0.4, -0.2) is 23.3 Å². The number of nitrogen functional groups attached to an aromatic ring is 1. The lowest BCUT2D eigenvalue weighted by Gasteiger charge is -2.19. The standard InChI is InChI=1S/C22H21F3N4O2/c1-10-6-7-13(30-5)11(2)15(10)29-16-14(12(8-26)20(29)27)18(22(23,24)25)28-19-17(16)31-9-21(19,3)4/h6-7H,9,27H2,1-5H3. The van der Waals surface area contributed by atoms with Gasteiger partial charge >= 0.3 is 6.18 Å². The topological polar surface area (TPSA) is 86.1 Å². The molecule has 0 saturated carbocycles. The lowest BCUT2D eigenvalue weighted by molar-refractivity contribution is -0.139. The van der Waals surface area contributed by atoms with E-state index in [1.54, 1.807) is 32.9 Å². The molecule has 0 radical (unpaired) electrons. The zero-order valence-corrected chi connectivity index (χ0v) is 17.7. The molecule has 4 rings (SSSR count). The Hall–Kier alpha value is -3.41. The Morgan fingerprint density at radius 3 is 2.55 bits per heavy atom. The molecule has 0 amide bonds. The maximum atomic E-state index is 14.1. The molecule has 1 aliphatic rings. The van der Waals surface area contributed by atoms with Crippen molar-refractivity contribution in [1.29, 1.82) is 5.26 Å². The zero-order chi connectivity index (χ0) is 22.9. The van der Waals surface area contributed by atoms with Gasteiger partial charge in [-0.2, -0.15) is 18.4 Å². The predicted octanol–water partition coefficient (Wildman–Crippen LogP) is 4.79. The largest absolute Gasteiger partial charge is 0.496 e. The van der Waals surface area contributed by atoms with Crippen LogP contribution in [0.2, 0.25) is 0 Å². The highest BCUT2D eigenvalue weighted by Crippen LogP contribution is 2.50. The van der Waals surface area contributed by atoms with E-state index in [0.29, 0.717) is 17.0 Å². The van der Waals surface area contributed by atoms with Crippen LogP contribution >= 0.6 is 0 Å². The number of aryl methyl sites for hydroxylation is 1. The van der Waals surface area contributed by atoms with E-state index in [-0.39, 0.29) is 40.3 Å². The van der Waals surface area contributed by atoms with E-state index >= 15 is 0 Å². The summed E-state index contributed by atoms with van der Waals surface area (Å²) in [6.07, 6.45) is -4.78. The first-order valence-corrected chi connectivity index (χ1v) is 9.57. The Balaban J connectivity index is 2.30. The molecule has 0 atom stereocenters. The SMILES string of the molecule is COc1ccc(C)c(-n2c(N)c(C#N)c3c(C(F)(F)F)nc4c(c32)OCC4(C)C)c1C. The molecule has 1 aliphatic heterocycles. The van der Waals surface area contributed by atoms with Crippen molar-refractivity contribution >= 4 is 16.7 Å². The molecular weight excluding hydrogens is 409 g/mol. The van der Waals surface area contributed by atoms with Gasteiger partial charge in [0.05, 0.1) is 30.5 Å². The molecule has 0 fully saturated rings. The molecule has 3 aromatic rings. The number of hydrogen-bond donors (Lipinski definition) is 1. The summed E-state index contributed by atoms with van der Waals surface area (Å²) in [6, 6.07) is 5.41. The van der Waals surface area contributed by atoms with E-state index in [1.165, 1.54) is 11.7 Å². The number of benzene rings is 1. The molecule has 0 saturated heterocycles. The molecule has 162 valence electrons. The average molecular weight is 430 g/mol. The first kappa shape index (κ1) is 20.8. The third-order valence-corrected chi connectivity index (χ3v) is 5.72. The minimum Gasteiger partial charge on any atom is -0.496 e. The first-order valence-electron chi connectivity index (χ1n) is 9.57. The molecular formula is C22H21F3N4O2. The molecule has 0 bridgehead atoms. The number of nitrogens with two attached hydrogens (primary N) is 1. The van der Waals surface area contributed by atoms with Gasteiger partial charge in [-0.15, -0.1) is 0 Å². The average Bonchev–Trinajstić information content (AvgIpc) is 3.14. The molecule has 9 heteroatoms. The van der Waals surface area contributed by atoms with Gasteiger partial charge in [-0.05, 0) is 25.5 Å². The molecule has 0 aliphatic carbocycles. The number of aromatic nitrogens is 2. The number of fused-ring (bicyclic) bond motifs is 3. The van der Waals surface area contributed by atoms with E-state index in [2.05, 4.69) is 4.98 Å². The molecule has 3 heterocycles. The van der Waals surface area contributed by atoms with Crippen LogP contribution < -0.4 is 15.2 Å². The first-order chi connectivity index (χ1) is 14.4. The highest BCUT2D eigenvalue weighted by molar-refractivity contribution is 6.00. The van der Waals surface area contributed by atoms with Crippen molar-refractivity contribution < 1.29 is 22.6 Å². The number of anilines is 1. The Kier molecular flexibility index (Phi) is 4.40. The quantitative estimate of drug-likeness (QED) is 0.632. The summed E-state index contributed by atoms with van der Waals surface area (Å²) in [5.74, 6) is 0.650. The molecule has 31 heavy (non-hydrogen) atoms. The Labute approximate surface area is 177 Å². The predicted molar refractivity (Wildman–Crippen MR) is 110 cm³/mol. The summed E-state index contributed by atoms with van der Waals surface area (Å²) >= 11 is 0. The van der Waals surface area contributed by atoms with Crippen molar-refractivity contribution in [3.63, 3.8) is 0 Å². The van der Waals surface area contributed by atoms with Crippen LogP contribution in [0.15, 0.2) is 12.1 Å². The fourth-order valence-electron chi connectivity index (χ4n) is 4.22. The number of nitrogens with zero attached hydrogens (tertiary/aromatic N) is 3. The highest BCUT2D eigenvalue weighted by atomic mass is 19.4. The van der Waals surface area contributed by atoms with E-state index in [9.17, 15) is 18.4 Å². The third kappa shape index (κ3) is 2.81. The van der Waals surface area contributed by atoms with Gasteiger partial charge in [-0.25, -0.2) is 4.98 Å². The van der Waals surface area contributed by atoms with Crippen molar-refractivity contribution in [3.05, 3.63) is 40.2 Å². The number of pyridine rings is 1. The number of halogens is 3. The van der Waals surface area contributed by atoms with Gasteiger partial charge in [0.15, 0.2) is 11.4 Å². The van der Waals surface area contributed by atoms with Crippen molar-refractivity contribution in [3.8, 4) is 23.3 Å². The minimum absolute atomic E-state index is 0.0939. The molecule has 0 spiro atoms. The second-order valence-corrected chi connectivity index (χ2v) is 8.30. The maximum Gasteiger partial charge on any atom is 0.434 e. The molecule has 2 aromatic heterocycles. The van der Waals surface area contributed by atoms with Crippen LogP contribution in [0, 0.1) is 25.2 Å². The smallest absolute Gasteiger partial charge is 0.434 e. The number of hydrogen-bond acceptors (Lipinski definition) is 5. The maximum absolute atomic E-state index is 14.1. The zero-order valence-electron chi connectivity index (χ0n) is 17.7. The van der Waals surface area contributed by atoms with E-state index in [0.717, 1.165) is 5.56 Å². The van der Waals surface area contributed by atoms with Gasteiger partial charge < -0.3 is 15.2 Å². The molecule has 0 unspecified atom stereocenters. The van der Waals surface area contributed by atoms with Gasteiger partial charge in [-0.3, -0.25) is 4.57 Å². The Morgan fingerprint density at radius 1 is 1.29 bits per heavy atom. The van der Waals surface area contributed by atoms with Crippen molar-refractivity contribution in [1.82, 2.24) is 9.55 Å². The van der Waals surface area contributed by atoms with Gasteiger partial charge in [-0.1, -0.05) is 19.9 Å². The second-order valence-electron chi connectivity index (χ2n) is 8.30. The fourth-order valence-corrected chi connectivity index (χ4v) is 4.22. The number of alkyl halides is 3.